The van der Waals surface area contributed by atoms with E-state index in [9.17, 15) is 13.6 Å². The van der Waals surface area contributed by atoms with Gasteiger partial charge >= 0.3 is 5.97 Å². The fraction of sp³-hybridized carbons (Fsp3) is 0.308. The molecule has 9 heteroatoms. The monoisotopic (exact) mass is 481 g/mol. The molecule has 0 fully saturated rings. The maximum absolute atomic E-state index is 13.4. The standard InChI is InChI=1S/C21H19F2N5.C5H10O2/c1-3-8-28(2)20-7-5-13(11-25-20)17-6-4-14(12-24-17)21-26-18-9-15(22)16(23)10-19(18)27-21;1-5(2,3)4(6)7/h4-7,9-12H,3,8H2,1-2H3,(H,26,27);1-3H3,(H,6,7). The van der Waals surface area contributed by atoms with Gasteiger partial charge in [0.2, 0.25) is 0 Å². The molecule has 184 valence electrons. The number of carboxylic acid groups (broad SMARTS) is 1. The Kier molecular flexibility index (Phi) is 7.78. The van der Waals surface area contributed by atoms with Crippen LogP contribution in [0, 0.1) is 17.0 Å². The number of nitrogens with one attached hydrogen (secondary N) is 1. The Bertz CT molecular complexity index is 1260. The molecule has 3 aromatic heterocycles. The van der Waals surface area contributed by atoms with Crippen molar-refractivity contribution in [2.45, 2.75) is 34.1 Å². The number of carbonyl (C=O) groups is 1. The molecule has 2 N–H and O–H groups in total. The molecule has 0 amide bonds. The second kappa shape index (κ2) is 10.6. The van der Waals surface area contributed by atoms with Crippen molar-refractivity contribution in [2.75, 3.05) is 18.5 Å². The van der Waals surface area contributed by atoms with Gasteiger partial charge in [0.05, 0.1) is 22.1 Å². The number of anilines is 1. The van der Waals surface area contributed by atoms with E-state index in [-0.39, 0.29) is 0 Å². The first-order valence-electron chi connectivity index (χ1n) is 11.2. The van der Waals surface area contributed by atoms with Crippen LogP contribution in [-0.4, -0.2) is 44.6 Å². The predicted molar refractivity (Wildman–Crippen MR) is 133 cm³/mol. The molecule has 0 aliphatic carbocycles. The van der Waals surface area contributed by atoms with Gasteiger partial charge in [-0.25, -0.2) is 18.7 Å². The van der Waals surface area contributed by atoms with Crippen LogP contribution in [0.3, 0.4) is 0 Å². The number of aromatic nitrogens is 4. The molecule has 0 aliphatic rings. The molecule has 4 aromatic rings. The fourth-order valence-electron chi connectivity index (χ4n) is 3.06. The van der Waals surface area contributed by atoms with E-state index in [0.717, 1.165) is 47.7 Å². The minimum absolute atomic E-state index is 0.369. The minimum Gasteiger partial charge on any atom is -0.481 e. The molecule has 0 spiro atoms. The summed E-state index contributed by atoms with van der Waals surface area (Å²) in [5.74, 6) is -1.15. The number of hydrogen-bond acceptors (Lipinski definition) is 5. The molecular weight excluding hydrogens is 452 g/mol. The van der Waals surface area contributed by atoms with Gasteiger partial charge in [0.25, 0.3) is 0 Å². The van der Waals surface area contributed by atoms with Crippen molar-refractivity contribution in [3.05, 3.63) is 60.4 Å². The van der Waals surface area contributed by atoms with Crippen molar-refractivity contribution in [1.82, 2.24) is 19.9 Å². The SMILES string of the molecule is CC(C)(C)C(=O)O.CCCN(C)c1ccc(-c2ccc(-c3nc4cc(F)c(F)cc4[nH]3)cn2)cn1. The van der Waals surface area contributed by atoms with Gasteiger partial charge in [-0.1, -0.05) is 6.92 Å². The van der Waals surface area contributed by atoms with E-state index in [1.165, 1.54) is 0 Å². The average molecular weight is 482 g/mol. The molecule has 0 bridgehead atoms. The van der Waals surface area contributed by atoms with Crippen LogP contribution in [0.5, 0.6) is 0 Å². The lowest BCUT2D eigenvalue weighted by Crippen LogP contribution is -2.18. The van der Waals surface area contributed by atoms with Gasteiger partial charge in [0, 0.05) is 49.2 Å². The summed E-state index contributed by atoms with van der Waals surface area (Å²) in [5, 5.41) is 8.25. The summed E-state index contributed by atoms with van der Waals surface area (Å²) < 4.78 is 26.8. The Balaban J connectivity index is 0.000000429. The Hall–Kier alpha value is -3.88. The van der Waals surface area contributed by atoms with E-state index in [1.807, 2.05) is 31.3 Å². The Labute approximate surface area is 202 Å². The number of aromatic amines is 1. The highest BCUT2D eigenvalue weighted by Gasteiger charge is 2.18. The molecule has 1 aromatic carbocycles. The van der Waals surface area contributed by atoms with E-state index in [0.29, 0.717) is 16.9 Å². The highest BCUT2D eigenvalue weighted by atomic mass is 19.2. The van der Waals surface area contributed by atoms with Crippen molar-refractivity contribution in [3.8, 4) is 22.6 Å². The summed E-state index contributed by atoms with van der Waals surface area (Å²) in [7, 11) is 2.02. The zero-order valence-electron chi connectivity index (χ0n) is 20.4. The van der Waals surface area contributed by atoms with Gasteiger partial charge in [-0.2, -0.15) is 0 Å². The number of fused-ring (bicyclic) bond motifs is 1. The van der Waals surface area contributed by atoms with Crippen LogP contribution >= 0.6 is 0 Å². The third-order valence-electron chi connectivity index (χ3n) is 5.20. The number of benzene rings is 1. The van der Waals surface area contributed by atoms with E-state index < -0.39 is 23.0 Å². The predicted octanol–water partition coefficient (Wildman–Crippen LogP) is 5.93. The van der Waals surface area contributed by atoms with Gasteiger partial charge in [0.15, 0.2) is 11.6 Å². The molecule has 35 heavy (non-hydrogen) atoms. The van der Waals surface area contributed by atoms with Gasteiger partial charge in [0.1, 0.15) is 11.6 Å². The molecule has 0 unspecified atom stereocenters. The largest absolute Gasteiger partial charge is 0.481 e. The maximum atomic E-state index is 13.4. The van der Waals surface area contributed by atoms with E-state index in [4.69, 9.17) is 5.11 Å². The second-order valence-electron chi connectivity index (χ2n) is 9.18. The highest BCUT2D eigenvalue weighted by molar-refractivity contribution is 5.79. The van der Waals surface area contributed by atoms with Crippen LogP contribution in [0.2, 0.25) is 0 Å². The quantitative estimate of drug-likeness (QED) is 0.367. The number of halogens is 2. The molecule has 4 rings (SSSR count). The number of H-pyrrole nitrogens is 1. The van der Waals surface area contributed by atoms with Crippen LogP contribution in [0.4, 0.5) is 14.6 Å². The smallest absolute Gasteiger partial charge is 0.308 e. The summed E-state index contributed by atoms with van der Waals surface area (Å²) >= 11 is 0. The third-order valence-corrected chi connectivity index (χ3v) is 5.20. The van der Waals surface area contributed by atoms with Crippen molar-refractivity contribution in [2.24, 2.45) is 5.41 Å². The lowest BCUT2D eigenvalue weighted by molar-refractivity contribution is -0.145. The van der Waals surface area contributed by atoms with Crippen LogP contribution in [0.1, 0.15) is 34.1 Å². The highest BCUT2D eigenvalue weighted by Crippen LogP contribution is 2.24. The molecule has 0 aliphatic heterocycles. The number of pyridine rings is 2. The zero-order valence-corrected chi connectivity index (χ0v) is 20.4. The topological polar surface area (TPSA) is 95.0 Å². The second-order valence-corrected chi connectivity index (χ2v) is 9.18. The lowest BCUT2D eigenvalue weighted by Gasteiger charge is -2.17. The number of rotatable bonds is 5. The summed E-state index contributed by atoms with van der Waals surface area (Å²) in [4.78, 5) is 28.4. The summed E-state index contributed by atoms with van der Waals surface area (Å²) in [6.07, 6.45) is 4.54. The van der Waals surface area contributed by atoms with Crippen molar-refractivity contribution in [1.29, 1.82) is 0 Å². The molecule has 0 saturated heterocycles. The molecule has 3 heterocycles. The molecular formula is C26H29F2N5O2. The van der Waals surface area contributed by atoms with Gasteiger partial charge < -0.3 is 15.0 Å². The van der Waals surface area contributed by atoms with Crippen LogP contribution in [0.15, 0.2) is 48.8 Å². The zero-order chi connectivity index (χ0) is 25.8. The van der Waals surface area contributed by atoms with Crippen LogP contribution < -0.4 is 4.90 Å². The van der Waals surface area contributed by atoms with Crippen molar-refractivity contribution < 1.29 is 18.7 Å². The first-order valence-corrected chi connectivity index (χ1v) is 11.2. The van der Waals surface area contributed by atoms with E-state index in [1.54, 1.807) is 33.2 Å². The molecule has 7 nitrogen and oxygen atoms in total. The maximum Gasteiger partial charge on any atom is 0.308 e. The lowest BCUT2D eigenvalue weighted by atomic mass is 9.98. The van der Waals surface area contributed by atoms with Crippen LogP contribution in [0.25, 0.3) is 33.7 Å². The van der Waals surface area contributed by atoms with Crippen molar-refractivity contribution >= 4 is 22.8 Å². The van der Waals surface area contributed by atoms with Gasteiger partial charge in [-0.05, 0) is 51.5 Å². The van der Waals surface area contributed by atoms with Gasteiger partial charge in [-0.15, -0.1) is 0 Å². The number of aliphatic carboxylic acids is 1. The molecule has 0 saturated carbocycles. The van der Waals surface area contributed by atoms with E-state index in [2.05, 4.69) is 31.8 Å². The third kappa shape index (κ3) is 6.38. The van der Waals surface area contributed by atoms with Gasteiger partial charge in [-0.3, -0.25) is 9.78 Å². The minimum atomic E-state index is -0.917. The summed E-state index contributed by atoms with van der Waals surface area (Å²) in [6, 6.07) is 9.88. The molecule has 0 radical (unpaired) electrons. The van der Waals surface area contributed by atoms with Crippen LogP contribution in [-0.2, 0) is 4.79 Å². The number of hydrogen-bond donors (Lipinski definition) is 2. The average Bonchev–Trinajstić information content (AvgIpc) is 3.22. The van der Waals surface area contributed by atoms with Crippen molar-refractivity contribution in [3.63, 3.8) is 0 Å². The summed E-state index contributed by atoms with van der Waals surface area (Å²) in [5.41, 5.74) is 2.65. The molecule has 0 atom stereocenters. The summed E-state index contributed by atoms with van der Waals surface area (Å²) in [6.45, 7) is 8.07. The first-order chi connectivity index (χ1) is 16.5. The first kappa shape index (κ1) is 25.7. The Morgan fingerprint density at radius 2 is 1.66 bits per heavy atom. The number of imidazole rings is 1. The van der Waals surface area contributed by atoms with E-state index >= 15 is 0 Å². The fourth-order valence-corrected chi connectivity index (χ4v) is 3.06. The Morgan fingerprint density at radius 3 is 2.20 bits per heavy atom. The number of nitrogens with zero attached hydrogens (tertiary/aromatic N) is 4. The number of carboxylic acids is 1. The Morgan fingerprint density at radius 1 is 1.03 bits per heavy atom. The normalized spacial score (nSPS) is 11.2.